The summed E-state index contributed by atoms with van der Waals surface area (Å²) in [5, 5.41) is 22.5. The fraction of sp³-hybridized carbons (Fsp3) is 0.241. The van der Waals surface area contributed by atoms with E-state index in [9.17, 15) is 15.0 Å². The summed E-state index contributed by atoms with van der Waals surface area (Å²) >= 11 is 0. The van der Waals surface area contributed by atoms with Crippen LogP contribution >= 0.6 is 0 Å². The molecule has 0 spiro atoms. The quantitative estimate of drug-likeness (QED) is 0.300. The van der Waals surface area contributed by atoms with Crippen molar-refractivity contribution < 1.29 is 15.0 Å². The van der Waals surface area contributed by atoms with Gasteiger partial charge >= 0.3 is 0 Å². The molecule has 0 atom stereocenters. The third-order valence-electron chi connectivity index (χ3n) is 6.07. The molecule has 0 fully saturated rings. The largest absolute Gasteiger partial charge is 0.392 e. The van der Waals surface area contributed by atoms with Gasteiger partial charge in [-0.3, -0.25) is 4.79 Å². The van der Waals surface area contributed by atoms with Gasteiger partial charge in [0.05, 0.1) is 13.2 Å². The van der Waals surface area contributed by atoms with Crippen LogP contribution in [0, 0.1) is 0 Å². The average Bonchev–Trinajstić information content (AvgIpc) is 2.88. The Morgan fingerprint density at radius 2 is 1.59 bits per heavy atom. The first kappa shape index (κ1) is 25.9. The van der Waals surface area contributed by atoms with Gasteiger partial charge in [0, 0.05) is 28.8 Å². The lowest BCUT2D eigenvalue weighted by Gasteiger charge is -2.19. The van der Waals surface area contributed by atoms with Crippen molar-refractivity contribution in [1.82, 2.24) is 15.0 Å². The number of carbonyl (C=O) groups is 1. The minimum atomic E-state index is -0.339. The molecule has 1 aromatic heterocycles. The van der Waals surface area contributed by atoms with Gasteiger partial charge in [0.15, 0.2) is 5.82 Å². The van der Waals surface area contributed by atoms with Gasteiger partial charge in [-0.1, -0.05) is 69.3 Å². The van der Waals surface area contributed by atoms with E-state index in [0.29, 0.717) is 40.4 Å². The van der Waals surface area contributed by atoms with E-state index < -0.39 is 0 Å². The fourth-order valence-electron chi connectivity index (χ4n) is 4.06. The van der Waals surface area contributed by atoms with Crippen LogP contribution in [-0.2, 0) is 25.0 Å². The molecule has 1 heterocycles. The smallest absolute Gasteiger partial charge is 0.255 e. The van der Waals surface area contributed by atoms with Crippen LogP contribution < -0.4 is 11.1 Å². The van der Waals surface area contributed by atoms with Crippen molar-refractivity contribution in [3.05, 3.63) is 100 Å². The van der Waals surface area contributed by atoms with E-state index in [4.69, 9.17) is 5.73 Å². The van der Waals surface area contributed by atoms with Gasteiger partial charge in [-0.15, -0.1) is 0 Å². The van der Waals surface area contributed by atoms with Crippen molar-refractivity contribution in [1.29, 1.82) is 0 Å². The summed E-state index contributed by atoms with van der Waals surface area (Å²) in [7, 11) is 0. The highest BCUT2D eigenvalue weighted by atomic mass is 16.3. The molecule has 4 rings (SSSR count). The Balaban J connectivity index is 1.63. The highest BCUT2D eigenvalue weighted by molar-refractivity contribution is 6.05. The first-order valence-electron chi connectivity index (χ1n) is 12.0. The van der Waals surface area contributed by atoms with Gasteiger partial charge in [-0.05, 0) is 40.3 Å². The van der Waals surface area contributed by atoms with Crippen LogP contribution in [-0.4, -0.2) is 31.1 Å². The number of benzene rings is 3. The standard InChI is InChI=1S/C29H31N5O3/c1-29(2,3)21-12-10-20(11-13-21)27(37)31-24-9-5-8-22(23(24)17-36)26-32-25(33-28(30)34-26)15-18-6-4-7-19(14-18)16-35/h4-14,35-36H,15-17H2,1-3H3,(H,31,37)(H2,30,32,33,34). The van der Waals surface area contributed by atoms with Crippen LogP contribution in [0.5, 0.6) is 0 Å². The number of aliphatic hydroxyl groups excluding tert-OH is 2. The first-order valence-corrected chi connectivity index (χ1v) is 12.0. The number of carbonyl (C=O) groups excluding carboxylic acids is 1. The van der Waals surface area contributed by atoms with Crippen LogP contribution in [0.3, 0.4) is 0 Å². The average molecular weight is 498 g/mol. The number of nitrogens with two attached hydrogens (primary N) is 1. The van der Waals surface area contributed by atoms with Crippen LogP contribution in [0.15, 0.2) is 66.7 Å². The Labute approximate surface area is 216 Å². The molecule has 1 amide bonds. The van der Waals surface area contributed by atoms with Gasteiger partial charge < -0.3 is 21.3 Å². The maximum Gasteiger partial charge on any atom is 0.255 e. The number of nitrogens with zero attached hydrogens (tertiary/aromatic N) is 3. The maximum absolute atomic E-state index is 13.0. The third kappa shape index (κ3) is 6.17. The van der Waals surface area contributed by atoms with E-state index in [-0.39, 0.29) is 30.5 Å². The molecule has 37 heavy (non-hydrogen) atoms. The number of hydrogen-bond donors (Lipinski definition) is 4. The van der Waals surface area contributed by atoms with Gasteiger partial charge in [0.25, 0.3) is 5.91 Å². The van der Waals surface area contributed by atoms with Gasteiger partial charge in [-0.2, -0.15) is 9.97 Å². The number of hydrogen-bond acceptors (Lipinski definition) is 7. The van der Waals surface area contributed by atoms with Crippen molar-refractivity contribution in [2.75, 3.05) is 11.1 Å². The molecule has 0 saturated heterocycles. The van der Waals surface area contributed by atoms with E-state index in [1.165, 1.54) is 0 Å². The predicted octanol–water partition coefficient (Wildman–Crippen LogP) is 4.25. The highest BCUT2D eigenvalue weighted by Crippen LogP contribution is 2.29. The number of anilines is 2. The lowest BCUT2D eigenvalue weighted by molar-refractivity contribution is 0.102. The van der Waals surface area contributed by atoms with Gasteiger partial charge in [-0.25, -0.2) is 4.98 Å². The van der Waals surface area contributed by atoms with Crippen molar-refractivity contribution in [3.8, 4) is 11.4 Å². The highest BCUT2D eigenvalue weighted by Gasteiger charge is 2.18. The van der Waals surface area contributed by atoms with E-state index >= 15 is 0 Å². The lowest BCUT2D eigenvalue weighted by Crippen LogP contribution is -2.15. The van der Waals surface area contributed by atoms with E-state index in [1.807, 2.05) is 36.4 Å². The molecule has 0 radical (unpaired) electrons. The maximum atomic E-state index is 13.0. The number of amides is 1. The molecule has 5 N–H and O–H groups in total. The number of rotatable bonds is 7. The SMILES string of the molecule is CC(C)(C)c1ccc(C(=O)Nc2cccc(-c3nc(N)nc(Cc4cccc(CO)c4)n3)c2CO)cc1. The summed E-state index contributed by atoms with van der Waals surface area (Å²) in [6.07, 6.45) is 0.392. The molecule has 0 bridgehead atoms. The Kier molecular flexibility index (Phi) is 7.61. The number of aromatic nitrogens is 3. The normalized spacial score (nSPS) is 11.4. The summed E-state index contributed by atoms with van der Waals surface area (Å²) in [6, 6.07) is 20.2. The molecule has 0 aliphatic rings. The summed E-state index contributed by atoms with van der Waals surface area (Å²) in [4.78, 5) is 26.1. The van der Waals surface area contributed by atoms with Crippen LogP contribution in [0.4, 0.5) is 11.6 Å². The zero-order valence-corrected chi connectivity index (χ0v) is 21.2. The molecular formula is C29H31N5O3. The van der Waals surface area contributed by atoms with Crippen molar-refractivity contribution in [2.24, 2.45) is 0 Å². The molecule has 3 aromatic carbocycles. The Bertz CT molecular complexity index is 1410. The topological polar surface area (TPSA) is 134 Å². The lowest BCUT2D eigenvalue weighted by atomic mass is 9.86. The monoisotopic (exact) mass is 497 g/mol. The molecule has 4 aromatic rings. The second-order valence-corrected chi connectivity index (χ2v) is 9.86. The molecular weight excluding hydrogens is 466 g/mol. The summed E-state index contributed by atoms with van der Waals surface area (Å²) < 4.78 is 0. The molecule has 8 nitrogen and oxygen atoms in total. The molecule has 0 aliphatic carbocycles. The van der Waals surface area contributed by atoms with Crippen LogP contribution in [0.25, 0.3) is 11.4 Å². The number of aliphatic hydroxyl groups is 2. The van der Waals surface area contributed by atoms with Crippen molar-refractivity contribution >= 4 is 17.5 Å². The number of nitrogens with one attached hydrogen (secondary N) is 1. The zero-order valence-electron chi connectivity index (χ0n) is 21.2. The van der Waals surface area contributed by atoms with Crippen molar-refractivity contribution in [3.63, 3.8) is 0 Å². The molecule has 0 saturated carbocycles. The Hall–Kier alpha value is -4.14. The predicted molar refractivity (Wildman–Crippen MR) is 144 cm³/mol. The van der Waals surface area contributed by atoms with Crippen LogP contribution in [0.1, 0.15) is 59.2 Å². The summed E-state index contributed by atoms with van der Waals surface area (Å²) in [5.41, 5.74) is 10.8. The summed E-state index contributed by atoms with van der Waals surface area (Å²) in [5.74, 6) is 0.521. The van der Waals surface area contributed by atoms with Gasteiger partial charge in [0.2, 0.25) is 5.95 Å². The first-order chi connectivity index (χ1) is 17.7. The minimum absolute atomic E-state index is 0.0136. The Morgan fingerprint density at radius 1 is 0.892 bits per heavy atom. The number of nitrogen functional groups attached to an aromatic ring is 1. The molecule has 190 valence electrons. The molecule has 0 unspecified atom stereocenters. The summed E-state index contributed by atoms with van der Waals surface area (Å²) in [6.45, 7) is 5.96. The zero-order chi connectivity index (χ0) is 26.6. The second kappa shape index (κ2) is 10.9. The molecule has 0 aliphatic heterocycles. The molecule has 8 heteroatoms. The van der Waals surface area contributed by atoms with Gasteiger partial charge in [0.1, 0.15) is 5.82 Å². The van der Waals surface area contributed by atoms with E-state index in [1.54, 1.807) is 30.3 Å². The van der Waals surface area contributed by atoms with E-state index in [0.717, 1.165) is 16.7 Å². The third-order valence-corrected chi connectivity index (χ3v) is 6.07. The minimum Gasteiger partial charge on any atom is -0.392 e. The van der Waals surface area contributed by atoms with Crippen LogP contribution in [0.2, 0.25) is 0 Å². The Morgan fingerprint density at radius 3 is 2.27 bits per heavy atom. The fourth-order valence-corrected chi connectivity index (χ4v) is 4.06. The van der Waals surface area contributed by atoms with E-state index in [2.05, 4.69) is 41.0 Å². The van der Waals surface area contributed by atoms with Crippen molar-refractivity contribution in [2.45, 2.75) is 45.8 Å². The second-order valence-electron chi connectivity index (χ2n) is 9.86.